The van der Waals surface area contributed by atoms with Gasteiger partial charge in [0, 0.05) is 6.42 Å². The van der Waals surface area contributed by atoms with E-state index in [1.165, 1.54) is 0 Å². The van der Waals surface area contributed by atoms with Crippen molar-refractivity contribution in [3.63, 3.8) is 0 Å². The Balaban J connectivity index is 2.06. The topological polar surface area (TPSA) is 72.5 Å². The van der Waals surface area contributed by atoms with E-state index in [0.717, 1.165) is 11.1 Å². The SMILES string of the molecule is N[C@@H](Cc1ccccc1OCc1ccccc1)C(=O)O. The van der Waals surface area contributed by atoms with Crippen LogP contribution in [0, 0.1) is 0 Å². The van der Waals surface area contributed by atoms with E-state index < -0.39 is 12.0 Å². The van der Waals surface area contributed by atoms with Crippen LogP contribution >= 0.6 is 0 Å². The van der Waals surface area contributed by atoms with E-state index in [2.05, 4.69) is 0 Å². The lowest BCUT2D eigenvalue weighted by Gasteiger charge is -2.13. The first-order valence-corrected chi connectivity index (χ1v) is 6.40. The summed E-state index contributed by atoms with van der Waals surface area (Å²) in [5, 5.41) is 8.88. The van der Waals surface area contributed by atoms with E-state index in [9.17, 15) is 4.79 Å². The zero-order valence-corrected chi connectivity index (χ0v) is 11.0. The molecule has 0 aliphatic rings. The molecule has 0 bridgehead atoms. The molecule has 0 saturated carbocycles. The number of carboxylic acids is 1. The van der Waals surface area contributed by atoms with Gasteiger partial charge >= 0.3 is 5.97 Å². The van der Waals surface area contributed by atoms with Gasteiger partial charge in [-0.2, -0.15) is 0 Å². The molecule has 0 aromatic heterocycles. The van der Waals surface area contributed by atoms with Gasteiger partial charge in [-0.25, -0.2) is 0 Å². The van der Waals surface area contributed by atoms with Gasteiger partial charge in [0.05, 0.1) is 0 Å². The van der Waals surface area contributed by atoms with Crippen LogP contribution in [0.3, 0.4) is 0 Å². The second-order valence-electron chi connectivity index (χ2n) is 4.53. The first kappa shape index (κ1) is 14.1. The van der Waals surface area contributed by atoms with Crippen LogP contribution in [0.15, 0.2) is 54.6 Å². The Kier molecular flexibility index (Phi) is 4.74. The van der Waals surface area contributed by atoms with Crippen molar-refractivity contribution in [2.24, 2.45) is 5.73 Å². The normalized spacial score (nSPS) is 11.8. The average Bonchev–Trinajstić information content (AvgIpc) is 2.47. The Labute approximate surface area is 117 Å². The lowest BCUT2D eigenvalue weighted by Crippen LogP contribution is -2.32. The summed E-state index contributed by atoms with van der Waals surface area (Å²) in [5.74, 6) is -0.337. The van der Waals surface area contributed by atoms with Gasteiger partial charge < -0.3 is 15.6 Å². The van der Waals surface area contributed by atoms with Crippen molar-refractivity contribution in [2.75, 3.05) is 0 Å². The van der Waals surface area contributed by atoms with Crippen LogP contribution in [0.25, 0.3) is 0 Å². The van der Waals surface area contributed by atoms with E-state index in [1.807, 2.05) is 54.6 Å². The predicted octanol–water partition coefficient (Wildman–Crippen LogP) is 2.22. The zero-order chi connectivity index (χ0) is 14.4. The molecule has 1 atom stereocenters. The summed E-state index contributed by atoms with van der Waals surface area (Å²) in [5.41, 5.74) is 7.43. The van der Waals surface area contributed by atoms with Gasteiger partial charge in [-0.05, 0) is 17.2 Å². The zero-order valence-electron chi connectivity index (χ0n) is 11.0. The summed E-state index contributed by atoms with van der Waals surface area (Å²) in [7, 11) is 0. The molecule has 0 amide bonds. The van der Waals surface area contributed by atoms with Crippen molar-refractivity contribution in [3.8, 4) is 5.75 Å². The summed E-state index contributed by atoms with van der Waals surface area (Å²) in [6, 6.07) is 16.2. The highest BCUT2D eigenvalue weighted by Crippen LogP contribution is 2.20. The van der Waals surface area contributed by atoms with Crippen LogP contribution in [0.1, 0.15) is 11.1 Å². The second-order valence-corrected chi connectivity index (χ2v) is 4.53. The molecule has 104 valence electrons. The molecule has 20 heavy (non-hydrogen) atoms. The van der Waals surface area contributed by atoms with Gasteiger partial charge in [0.1, 0.15) is 18.4 Å². The largest absolute Gasteiger partial charge is 0.489 e. The number of hydrogen-bond acceptors (Lipinski definition) is 3. The molecule has 0 heterocycles. The first-order chi connectivity index (χ1) is 9.66. The Bertz CT molecular complexity index is 569. The van der Waals surface area contributed by atoms with Crippen LogP contribution in [-0.2, 0) is 17.8 Å². The van der Waals surface area contributed by atoms with E-state index in [4.69, 9.17) is 15.6 Å². The molecule has 4 heteroatoms. The number of aliphatic carboxylic acids is 1. The maximum atomic E-state index is 10.8. The van der Waals surface area contributed by atoms with Crippen LogP contribution in [0.4, 0.5) is 0 Å². The minimum absolute atomic E-state index is 0.250. The van der Waals surface area contributed by atoms with Crippen molar-refractivity contribution in [1.82, 2.24) is 0 Å². The average molecular weight is 271 g/mol. The third-order valence-corrected chi connectivity index (χ3v) is 2.97. The molecule has 0 aliphatic heterocycles. The van der Waals surface area contributed by atoms with Gasteiger partial charge in [-0.1, -0.05) is 48.5 Å². The molecule has 4 nitrogen and oxygen atoms in total. The number of hydrogen-bond donors (Lipinski definition) is 2. The van der Waals surface area contributed by atoms with Crippen LogP contribution in [-0.4, -0.2) is 17.1 Å². The number of para-hydroxylation sites is 1. The number of ether oxygens (including phenoxy) is 1. The van der Waals surface area contributed by atoms with Crippen LogP contribution < -0.4 is 10.5 Å². The van der Waals surface area contributed by atoms with Gasteiger partial charge in [0.15, 0.2) is 0 Å². The van der Waals surface area contributed by atoms with Crippen LogP contribution in [0.5, 0.6) is 5.75 Å². The van der Waals surface area contributed by atoms with Crippen molar-refractivity contribution in [2.45, 2.75) is 19.1 Å². The standard InChI is InChI=1S/C16H17NO3/c17-14(16(18)19)10-13-8-4-5-9-15(13)20-11-12-6-2-1-3-7-12/h1-9,14H,10-11,17H2,(H,18,19)/t14-/m0/s1. The number of benzene rings is 2. The van der Waals surface area contributed by atoms with Gasteiger partial charge in [-0.3, -0.25) is 4.79 Å². The minimum atomic E-state index is -1.01. The van der Waals surface area contributed by atoms with Crippen molar-refractivity contribution >= 4 is 5.97 Å². The highest BCUT2D eigenvalue weighted by Gasteiger charge is 2.14. The molecule has 0 saturated heterocycles. The summed E-state index contributed by atoms with van der Waals surface area (Å²) >= 11 is 0. The van der Waals surface area contributed by atoms with E-state index in [-0.39, 0.29) is 6.42 Å². The predicted molar refractivity (Wildman–Crippen MR) is 76.5 cm³/mol. The smallest absolute Gasteiger partial charge is 0.320 e. The molecule has 0 fully saturated rings. The number of carbonyl (C=O) groups is 1. The van der Waals surface area contributed by atoms with Gasteiger partial charge in [0.2, 0.25) is 0 Å². The second kappa shape index (κ2) is 6.73. The Morgan fingerprint density at radius 3 is 2.45 bits per heavy atom. The molecule has 2 aromatic carbocycles. The van der Waals surface area contributed by atoms with E-state index in [0.29, 0.717) is 12.4 Å². The Morgan fingerprint density at radius 1 is 1.10 bits per heavy atom. The lowest BCUT2D eigenvalue weighted by molar-refractivity contribution is -0.138. The summed E-state index contributed by atoms with van der Waals surface area (Å²) < 4.78 is 5.76. The molecule has 0 spiro atoms. The fourth-order valence-electron chi connectivity index (χ4n) is 1.87. The lowest BCUT2D eigenvalue weighted by atomic mass is 10.1. The summed E-state index contributed by atoms with van der Waals surface area (Å²) in [6.07, 6.45) is 0.250. The highest BCUT2D eigenvalue weighted by molar-refractivity contribution is 5.73. The maximum Gasteiger partial charge on any atom is 0.320 e. The van der Waals surface area contributed by atoms with Gasteiger partial charge in [-0.15, -0.1) is 0 Å². The number of nitrogens with two attached hydrogens (primary N) is 1. The van der Waals surface area contributed by atoms with Crippen molar-refractivity contribution < 1.29 is 14.6 Å². The highest BCUT2D eigenvalue weighted by atomic mass is 16.5. The quantitative estimate of drug-likeness (QED) is 0.845. The number of rotatable bonds is 6. The van der Waals surface area contributed by atoms with E-state index >= 15 is 0 Å². The fraction of sp³-hybridized carbons (Fsp3) is 0.188. The number of carboxylic acid groups (broad SMARTS) is 1. The molecular weight excluding hydrogens is 254 g/mol. The monoisotopic (exact) mass is 271 g/mol. The fourth-order valence-corrected chi connectivity index (χ4v) is 1.87. The first-order valence-electron chi connectivity index (χ1n) is 6.40. The van der Waals surface area contributed by atoms with Crippen LogP contribution in [0.2, 0.25) is 0 Å². The third-order valence-electron chi connectivity index (χ3n) is 2.97. The summed E-state index contributed by atoms with van der Waals surface area (Å²) in [4.78, 5) is 10.8. The Hall–Kier alpha value is -2.33. The van der Waals surface area contributed by atoms with E-state index in [1.54, 1.807) is 0 Å². The molecule has 2 rings (SSSR count). The molecular formula is C16H17NO3. The third kappa shape index (κ3) is 3.83. The molecule has 0 radical (unpaired) electrons. The molecule has 3 N–H and O–H groups in total. The molecule has 0 unspecified atom stereocenters. The minimum Gasteiger partial charge on any atom is -0.489 e. The Morgan fingerprint density at radius 2 is 1.75 bits per heavy atom. The molecule has 0 aliphatic carbocycles. The van der Waals surface area contributed by atoms with Crippen molar-refractivity contribution in [3.05, 3.63) is 65.7 Å². The molecule has 2 aromatic rings. The van der Waals surface area contributed by atoms with Crippen molar-refractivity contribution in [1.29, 1.82) is 0 Å². The van der Waals surface area contributed by atoms with Gasteiger partial charge in [0.25, 0.3) is 0 Å². The maximum absolute atomic E-state index is 10.8. The summed E-state index contributed by atoms with van der Waals surface area (Å²) in [6.45, 7) is 0.445.